The first-order chi connectivity index (χ1) is 13.5. The highest BCUT2D eigenvalue weighted by Gasteiger charge is 2.37. The Bertz CT molecular complexity index is 822. The second kappa shape index (κ2) is 8.98. The summed E-state index contributed by atoms with van der Waals surface area (Å²) in [5.41, 5.74) is 8.64. The largest absolute Gasteiger partial charge is 0.355 e. The summed E-state index contributed by atoms with van der Waals surface area (Å²) in [4.78, 5) is 12.2. The lowest BCUT2D eigenvalue weighted by Gasteiger charge is -2.40. The van der Waals surface area contributed by atoms with Crippen molar-refractivity contribution in [1.29, 1.82) is 0 Å². The van der Waals surface area contributed by atoms with Crippen LogP contribution >= 0.6 is 23.2 Å². The van der Waals surface area contributed by atoms with Crippen molar-refractivity contribution < 1.29 is 0 Å². The molecule has 0 amide bonds. The highest BCUT2D eigenvalue weighted by atomic mass is 35.5. The van der Waals surface area contributed by atoms with E-state index in [1.54, 1.807) is 6.07 Å². The molecule has 4 nitrogen and oxygen atoms in total. The van der Waals surface area contributed by atoms with E-state index in [1.165, 1.54) is 45.6 Å². The average molecular weight is 421 g/mol. The van der Waals surface area contributed by atoms with Crippen molar-refractivity contribution in [2.45, 2.75) is 52.4 Å². The summed E-state index contributed by atoms with van der Waals surface area (Å²) in [5, 5.41) is 1.09. The molecule has 6 heteroatoms. The van der Waals surface area contributed by atoms with Gasteiger partial charge >= 0.3 is 0 Å². The molecule has 0 atom stereocenters. The van der Waals surface area contributed by atoms with Gasteiger partial charge in [-0.3, -0.25) is 0 Å². The number of hydrogen-bond donors (Lipinski definition) is 1. The molecule has 28 heavy (non-hydrogen) atoms. The summed E-state index contributed by atoms with van der Waals surface area (Å²) in [5.74, 6) is 1.03. The molecule has 1 aliphatic carbocycles. The van der Waals surface area contributed by atoms with Gasteiger partial charge in [0.25, 0.3) is 0 Å². The maximum absolute atomic E-state index is 6.40. The zero-order chi connectivity index (χ0) is 20.3. The minimum atomic E-state index is 0.542. The van der Waals surface area contributed by atoms with Crippen molar-refractivity contribution in [3.05, 3.63) is 39.6 Å². The molecule has 1 aromatic heterocycles. The number of aromatic nitrogens is 2. The molecule has 4 rings (SSSR count). The minimum absolute atomic E-state index is 0.542. The second-order valence-electron chi connectivity index (χ2n) is 7.86. The van der Waals surface area contributed by atoms with Gasteiger partial charge < -0.3 is 10.6 Å². The van der Waals surface area contributed by atoms with E-state index in [4.69, 9.17) is 33.2 Å². The van der Waals surface area contributed by atoms with Gasteiger partial charge in [-0.15, -0.1) is 0 Å². The van der Waals surface area contributed by atoms with Gasteiger partial charge in [-0.05, 0) is 58.1 Å². The van der Waals surface area contributed by atoms with E-state index in [2.05, 4.69) is 10.6 Å². The molecule has 2 N–H and O–H groups in total. The molecule has 0 radical (unpaired) electrons. The second-order valence-corrected chi connectivity index (χ2v) is 8.65. The van der Waals surface area contributed by atoms with Crippen LogP contribution in [0.1, 0.15) is 49.9 Å². The molecule has 1 aromatic carbocycles. The van der Waals surface area contributed by atoms with E-state index < -0.39 is 0 Å². The molecule has 0 bridgehead atoms. The summed E-state index contributed by atoms with van der Waals surface area (Å²) < 4.78 is 0. The van der Waals surface area contributed by atoms with Crippen LogP contribution in [0.4, 0.5) is 5.82 Å². The Labute approximate surface area is 178 Å². The lowest BCUT2D eigenvalue weighted by molar-refractivity contribution is 0.226. The molecule has 2 fully saturated rings. The molecule has 1 saturated heterocycles. The first-order valence-electron chi connectivity index (χ1n) is 10.1. The molecular formula is C22H30Cl2N4. The van der Waals surface area contributed by atoms with E-state index in [0.717, 1.165) is 41.6 Å². The predicted molar refractivity (Wildman–Crippen MR) is 119 cm³/mol. The van der Waals surface area contributed by atoms with Gasteiger partial charge in [0.2, 0.25) is 0 Å². The van der Waals surface area contributed by atoms with Crippen molar-refractivity contribution in [2.24, 2.45) is 11.1 Å². The Kier molecular flexibility index (Phi) is 6.85. The molecular weight excluding hydrogens is 391 g/mol. The van der Waals surface area contributed by atoms with E-state index in [1.807, 2.05) is 26.0 Å². The van der Waals surface area contributed by atoms with Crippen molar-refractivity contribution >= 4 is 29.0 Å². The van der Waals surface area contributed by atoms with Crippen LogP contribution in [0.2, 0.25) is 10.0 Å². The lowest BCUT2D eigenvalue weighted by atomic mass is 9.77. The van der Waals surface area contributed by atoms with Gasteiger partial charge in [-0.1, -0.05) is 48.2 Å². The van der Waals surface area contributed by atoms with E-state index in [-0.39, 0.29) is 0 Å². The van der Waals surface area contributed by atoms with Gasteiger partial charge in [-0.2, -0.15) is 0 Å². The molecule has 2 heterocycles. The maximum atomic E-state index is 6.40. The Morgan fingerprint density at radius 3 is 2.21 bits per heavy atom. The number of nitrogens with zero attached hydrogens (tertiary/aromatic N) is 3. The number of benzene rings is 1. The fraction of sp³-hybridized carbons (Fsp3) is 0.545. The summed E-state index contributed by atoms with van der Waals surface area (Å²) >= 11 is 12.6. The number of hydrogen-bond acceptors (Lipinski definition) is 4. The highest BCUT2D eigenvalue weighted by Crippen LogP contribution is 2.46. The molecule has 1 spiro atoms. The zero-order valence-corrected chi connectivity index (χ0v) is 18.6. The average Bonchev–Trinajstić information content (AvgIpc) is 3.16. The predicted octanol–water partition coefficient (Wildman–Crippen LogP) is 5.80. The standard InChI is InChI=1S/C21H25Cl2N3.CH5N/c1-14-19(16-6-5-7-17(22)18(16)23)24-15(2)20(25-14)26-12-10-21(11-13-26)8-3-4-9-21;1-2/h5-7H,3-4,8-13H2,1-2H3;2H2,1H3. The third-order valence-electron chi connectivity index (χ3n) is 6.21. The third kappa shape index (κ3) is 4.14. The summed E-state index contributed by atoms with van der Waals surface area (Å²) in [7, 11) is 1.50. The summed E-state index contributed by atoms with van der Waals surface area (Å²) in [6.45, 7) is 6.23. The molecule has 152 valence electrons. The van der Waals surface area contributed by atoms with E-state index >= 15 is 0 Å². The topological polar surface area (TPSA) is 55.0 Å². The monoisotopic (exact) mass is 420 g/mol. The zero-order valence-electron chi connectivity index (χ0n) is 17.1. The van der Waals surface area contributed by atoms with Crippen LogP contribution in [0.25, 0.3) is 11.3 Å². The summed E-state index contributed by atoms with van der Waals surface area (Å²) in [6.07, 6.45) is 8.22. The SMILES string of the molecule is CN.Cc1nc(N2CCC3(CCCC3)CC2)c(C)nc1-c1cccc(Cl)c1Cl. The van der Waals surface area contributed by atoms with Gasteiger partial charge in [0.15, 0.2) is 0 Å². The first-order valence-corrected chi connectivity index (χ1v) is 10.9. The molecule has 1 saturated carbocycles. The van der Waals surface area contributed by atoms with Crippen molar-refractivity contribution in [1.82, 2.24) is 9.97 Å². The number of piperidine rings is 1. The van der Waals surface area contributed by atoms with Crippen LogP contribution < -0.4 is 10.6 Å². The highest BCUT2D eigenvalue weighted by molar-refractivity contribution is 6.43. The normalized spacial score (nSPS) is 18.1. The Hall–Kier alpha value is -1.36. The molecule has 2 aliphatic rings. The third-order valence-corrected chi connectivity index (χ3v) is 7.03. The van der Waals surface area contributed by atoms with Crippen LogP contribution in [-0.4, -0.2) is 30.1 Å². The van der Waals surface area contributed by atoms with Crippen molar-refractivity contribution in [2.75, 3.05) is 25.0 Å². The van der Waals surface area contributed by atoms with E-state index in [9.17, 15) is 0 Å². The van der Waals surface area contributed by atoms with Crippen LogP contribution in [0.15, 0.2) is 18.2 Å². The van der Waals surface area contributed by atoms with Gasteiger partial charge in [0, 0.05) is 18.7 Å². The smallest absolute Gasteiger partial charge is 0.150 e. The van der Waals surface area contributed by atoms with E-state index in [0.29, 0.717) is 15.5 Å². The fourth-order valence-electron chi connectivity index (χ4n) is 4.65. The van der Waals surface area contributed by atoms with Crippen LogP contribution in [0.3, 0.4) is 0 Å². The lowest BCUT2D eigenvalue weighted by Crippen LogP contribution is -2.39. The van der Waals surface area contributed by atoms with Crippen LogP contribution in [-0.2, 0) is 0 Å². The van der Waals surface area contributed by atoms with Crippen molar-refractivity contribution in [3.63, 3.8) is 0 Å². The van der Waals surface area contributed by atoms with Gasteiger partial charge in [-0.25, -0.2) is 9.97 Å². The maximum Gasteiger partial charge on any atom is 0.150 e. The van der Waals surface area contributed by atoms with Crippen LogP contribution in [0.5, 0.6) is 0 Å². The number of anilines is 1. The minimum Gasteiger partial charge on any atom is -0.355 e. The van der Waals surface area contributed by atoms with Gasteiger partial charge in [0.1, 0.15) is 5.82 Å². The molecule has 0 unspecified atom stereocenters. The Morgan fingerprint density at radius 1 is 0.929 bits per heavy atom. The number of aryl methyl sites for hydroxylation is 2. The number of rotatable bonds is 2. The molecule has 1 aliphatic heterocycles. The fourth-order valence-corrected chi connectivity index (χ4v) is 5.04. The first kappa shape index (κ1) is 21.4. The van der Waals surface area contributed by atoms with Crippen molar-refractivity contribution in [3.8, 4) is 11.3 Å². The Balaban J connectivity index is 0.00000109. The number of halogens is 2. The van der Waals surface area contributed by atoms with Gasteiger partial charge in [0.05, 0.1) is 27.1 Å². The quantitative estimate of drug-likeness (QED) is 0.666. The number of nitrogens with two attached hydrogens (primary N) is 1. The Morgan fingerprint density at radius 2 is 1.57 bits per heavy atom. The molecule has 2 aromatic rings. The van der Waals surface area contributed by atoms with Crippen LogP contribution in [0, 0.1) is 19.3 Å². The summed E-state index contributed by atoms with van der Waals surface area (Å²) in [6, 6.07) is 5.65.